The van der Waals surface area contributed by atoms with Crippen molar-refractivity contribution < 1.29 is 9.47 Å². The fourth-order valence-electron chi connectivity index (χ4n) is 3.37. The molecule has 3 rings (SSSR count). The lowest BCUT2D eigenvalue weighted by Crippen LogP contribution is -2.36. The Labute approximate surface area is 134 Å². The summed E-state index contributed by atoms with van der Waals surface area (Å²) < 4.78 is 11.4. The number of hydrogen-bond donors (Lipinski definition) is 0. The molecule has 2 aliphatic rings. The molecule has 1 aromatic rings. The maximum atomic E-state index is 5.93. The van der Waals surface area contributed by atoms with E-state index in [9.17, 15) is 0 Å². The van der Waals surface area contributed by atoms with Crippen LogP contribution in [0.5, 0.6) is 5.75 Å². The molecule has 122 valence electrons. The number of fused-ring (bicyclic) bond motifs is 1. The molecule has 1 fully saturated rings. The average Bonchev–Trinajstić information content (AvgIpc) is 2.51. The highest BCUT2D eigenvalue weighted by molar-refractivity contribution is 5.44. The molecule has 0 aromatic heterocycles. The van der Waals surface area contributed by atoms with Gasteiger partial charge in [-0.15, -0.1) is 0 Å². The zero-order chi connectivity index (χ0) is 15.5. The Morgan fingerprint density at radius 3 is 2.73 bits per heavy atom. The lowest BCUT2D eigenvalue weighted by Gasteiger charge is -2.33. The number of ether oxygens (including phenoxy) is 2. The van der Waals surface area contributed by atoms with Gasteiger partial charge in [-0.1, -0.05) is 6.07 Å². The number of likely N-dealkylation sites (N-methyl/N-ethyl adjacent to an activating group) is 1. The van der Waals surface area contributed by atoms with Gasteiger partial charge in [-0.25, -0.2) is 0 Å². The summed E-state index contributed by atoms with van der Waals surface area (Å²) in [6.45, 7) is 10.8. The monoisotopic (exact) mass is 304 g/mol. The van der Waals surface area contributed by atoms with Crippen molar-refractivity contribution >= 4 is 0 Å². The lowest BCUT2D eigenvalue weighted by atomic mass is 9.92. The fraction of sp³-hybridized carbons (Fsp3) is 0.667. The van der Waals surface area contributed by atoms with E-state index in [1.54, 1.807) is 0 Å². The first-order chi connectivity index (χ1) is 10.7. The van der Waals surface area contributed by atoms with Gasteiger partial charge >= 0.3 is 0 Å². The Kier molecular flexibility index (Phi) is 5.01. The highest BCUT2D eigenvalue weighted by Gasteiger charge is 2.22. The van der Waals surface area contributed by atoms with Crippen LogP contribution in [0.2, 0.25) is 0 Å². The van der Waals surface area contributed by atoms with Crippen LogP contribution in [0, 0.1) is 0 Å². The van der Waals surface area contributed by atoms with Crippen molar-refractivity contribution in [3.63, 3.8) is 0 Å². The molecule has 2 heterocycles. The Bertz CT molecular complexity index is 512. The van der Waals surface area contributed by atoms with Crippen LogP contribution in [-0.2, 0) is 24.2 Å². The average molecular weight is 304 g/mol. The van der Waals surface area contributed by atoms with Crippen LogP contribution in [0.4, 0.5) is 0 Å². The molecule has 0 radical (unpaired) electrons. The molecule has 0 amide bonds. The van der Waals surface area contributed by atoms with E-state index in [4.69, 9.17) is 9.47 Å². The van der Waals surface area contributed by atoms with Gasteiger partial charge in [-0.05, 0) is 44.5 Å². The summed E-state index contributed by atoms with van der Waals surface area (Å²) in [7, 11) is 2.20. The van der Waals surface area contributed by atoms with Gasteiger partial charge < -0.3 is 9.47 Å². The van der Waals surface area contributed by atoms with Crippen molar-refractivity contribution in [2.24, 2.45) is 0 Å². The molecule has 2 aliphatic heterocycles. The smallest absolute Gasteiger partial charge is 0.124 e. The van der Waals surface area contributed by atoms with E-state index in [-0.39, 0.29) is 0 Å². The van der Waals surface area contributed by atoms with Crippen LogP contribution in [0.3, 0.4) is 0 Å². The minimum absolute atomic E-state index is 0.613. The number of morpholine rings is 1. The molecule has 1 saturated heterocycles. The number of benzene rings is 1. The second kappa shape index (κ2) is 6.99. The van der Waals surface area contributed by atoms with E-state index in [2.05, 4.69) is 42.8 Å². The molecule has 0 N–H and O–H groups in total. The third-order valence-electron chi connectivity index (χ3n) is 4.87. The van der Waals surface area contributed by atoms with Gasteiger partial charge in [0.2, 0.25) is 0 Å². The van der Waals surface area contributed by atoms with Gasteiger partial charge in [0, 0.05) is 37.8 Å². The van der Waals surface area contributed by atoms with E-state index in [0.29, 0.717) is 6.04 Å². The van der Waals surface area contributed by atoms with E-state index in [1.165, 1.54) is 16.7 Å². The Morgan fingerprint density at radius 2 is 2.00 bits per heavy atom. The molecule has 0 saturated carbocycles. The van der Waals surface area contributed by atoms with Crippen molar-refractivity contribution in [1.29, 1.82) is 0 Å². The highest BCUT2D eigenvalue weighted by Crippen LogP contribution is 2.30. The van der Waals surface area contributed by atoms with Crippen LogP contribution in [0.1, 0.15) is 30.5 Å². The second-order valence-electron chi connectivity index (χ2n) is 6.52. The molecule has 0 spiro atoms. The predicted molar refractivity (Wildman–Crippen MR) is 88.3 cm³/mol. The summed E-state index contributed by atoms with van der Waals surface area (Å²) >= 11 is 0. The molecule has 0 aliphatic carbocycles. The summed E-state index contributed by atoms with van der Waals surface area (Å²) in [6, 6.07) is 5.28. The Morgan fingerprint density at radius 1 is 1.23 bits per heavy atom. The topological polar surface area (TPSA) is 24.9 Å². The third-order valence-corrected chi connectivity index (χ3v) is 4.87. The molecule has 4 nitrogen and oxygen atoms in total. The van der Waals surface area contributed by atoms with E-state index >= 15 is 0 Å². The molecule has 1 aromatic carbocycles. The maximum absolute atomic E-state index is 5.93. The van der Waals surface area contributed by atoms with Crippen LogP contribution >= 0.6 is 0 Å². The minimum Gasteiger partial charge on any atom is -0.494 e. The molecular formula is C18H28N2O2. The number of nitrogens with zero attached hydrogens (tertiary/aromatic N) is 2. The van der Waals surface area contributed by atoms with Crippen molar-refractivity contribution in [3.8, 4) is 5.75 Å². The van der Waals surface area contributed by atoms with Crippen molar-refractivity contribution in [3.05, 3.63) is 28.8 Å². The van der Waals surface area contributed by atoms with Crippen molar-refractivity contribution in [2.75, 3.05) is 40.0 Å². The van der Waals surface area contributed by atoms with E-state index < -0.39 is 0 Å². The van der Waals surface area contributed by atoms with Crippen LogP contribution in [0.15, 0.2) is 12.1 Å². The third kappa shape index (κ3) is 3.45. The Balaban J connectivity index is 1.85. The number of hydrogen-bond acceptors (Lipinski definition) is 4. The minimum atomic E-state index is 0.613. The number of rotatable bonds is 4. The van der Waals surface area contributed by atoms with E-state index in [0.717, 1.165) is 58.2 Å². The molecule has 22 heavy (non-hydrogen) atoms. The highest BCUT2D eigenvalue weighted by atomic mass is 16.5. The van der Waals surface area contributed by atoms with Crippen LogP contribution < -0.4 is 4.74 Å². The van der Waals surface area contributed by atoms with Gasteiger partial charge in [-0.2, -0.15) is 0 Å². The summed E-state index contributed by atoms with van der Waals surface area (Å²) in [5, 5.41) is 0. The van der Waals surface area contributed by atoms with Gasteiger partial charge in [0.05, 0.1) is 19.8 Å². The zero-order valence-electron chi connectivity index (χ0n) is 14.1. The summed E-state index contributed by atoms with van der Waals surface area (Å²) in [4.78, 5) is 4.88. The summed E-state index contributed by atoms with van der Waals surface area (Å²) in [6.07, 6.45) is 1.13. The predicted octanol–water partition coefficient (Wildman–Crippen LogP) is 2.29. The van der Waals surface area contributed by atoms with Gasteiger partial charge in [0.25, 0.3) is 0 Å². The molecule has 0 bridgehead atoms. The second-order valence-corrected chi connectivity index (χ2v) is 6.52. The summed E-state index contributed by atoms with van der Waals surface area (Å²) in [5.74, 6) is 1.07. The standard InChI is InChI=1S/C18H28N2O2/c1-4-22-18-11-16-12-19(3)14(2)9-15(16)10-17(18)13-20-5-7-21-8-6-20/h10-11,14H,4-9,12-13H2,1-3H3. The first-order valence-corrected chi connectivity index (χ1v) is 8.45. The molecular weight excluding hydrogens is 276 g/mol. The van der Waals surface area contributed by atoms with Gasteiger partial charge in [0.1, 0.15) is 5.75 Å². The first-order valence-electron chi connectivity index (χ1n) is 8.45. The van der Waals surface area contributed by atoms with Gasteiger partial charge in [0.15, 0.2) is 0 Å². The fourth-order valence-corrected chi connectivity index (χ4v) is 3.37. The van der Waals surface area contributed by atoms with Crippen molar-refractivity contribution in [1.82, 2.24) is 9.80 Å². The SMILES string of the molecule is CCOc1cc2c(cc1CN1CCOCC1)CC(C)N(C)C2. The van der Waals surface area contributed by atoms with E-state index in [1.807, 2.05) is 0 Å². The largest absolute Gasteiger partial charge is 0.494 e. The Hall–Kier alpha value is -1.10. The van der Waals surface area contributed by atoms with Crippen molar-refractivity contribution in [2.45, 2.75) is 39.4 Å². The zero-order valence-corrected chi connectivity index (χ0v) is 14.1. The van der Waals surface area contributed by atoms with Crippen LogP contribution in [0.25, 0.3) is 0 Å². The summed E-state index contributed by atoms with van der Waals surface area (Å²) in [5.41, 5.74) is 4.26. The lowest BCUT2D eigenvalue weighted by molar-refractivity contribution is 0.0338. The molecule has 1 unspecified atom stereocenters. The molecule has 1 atom stereocenters. The van der Waals surface area contributed by atoms with Gasteiger partial charge in [-0.3, -0.25) is 9.80 Å². The first kappa shape index (κ1) is 15.8. The van der Waals surface area contributed by atoms with Crippen LogP contribution in [-0.4, -0.2) is 55.8 Å². The normalized spacial score (nSPS) is 23.3. The molecule has 4 heteroatoms. The maximum Gasteiger partial charge on any atom is 0.124 e. The quantitative estimate of drug-likeness (QED) is 0.852.